The van der Waals surface area contributed by atoms with Gasteiger partial charge in [-0.05, 0) is 31.4 Å². The summed E-state index contributed by atoms with van der Waals surface area (Å²) in [6, 6.07) is 3.24. The van der Waals surface area contributed by atoms with Crippen LogP contribution in [-0.2, 0) is 10.0 Å². The van der Waals surface area contributed by atoms with Crippen molar-refractivity contribution in [2.45, 2.75) is 30.3 Å². The molecule has 100 valence electrons. The molecule has 0 fully saturated rings. The van der Waals surface area contributed by atoms with Crippen molar-refractivity contribution in [3.05, 3.63) is 30.5 Å². The highest BCUT2D eigenvalue weighted by atomic mass is 32.2. The normalized spacial score (nSPS) is 19.9. The minimum atomic E-state index is -3.60. The summed E-state index contributed by atoms with van der Waals surface area (Å²) in [6.45, 7) is 0. The monoisotopic (exact) mass is 278 g/mol. The Morgan fingerprint density at radius 3 is 3.11 bits per heavy atom. The summed E-state index contributed by atoms with van der Waals surface area (Å²) in [6.07, 6.45) is 8.31. The van der Waals surface area contributed by atoms with Crippen molar-refractivity contribution in [3.8, 4) is 0 Å². The summed E-state index contributed by atoms with van der Waals surface area (Å²) in [5, 5.41) is 7.05. The van der Waals surface area contributed by atoms with Crippen LogP contribution in [0.4, 0.5) is 0 Å². The second-order valence-electron chi connectivity index (χ2n) is 4.51. The van der Waals surface area contributed by atoms with Crippen molar-refractivity contribution in [1.29, 1.82) is 0 Å². The van der Waals surface area contributed by atoms with Gasteiger partial charge in [-0.1, -0.05) is 12.2 Å². The third-order valence-electron chi connectivity index (χ3n) is 3.12. The van der Waals surface area contributed by atoms with E-state index in [-0.39, 0.29) is 11.1 Å². The molecule has 0 aliphatic heterocycles. The van der Waals surface area contributed by atoms with Crippen LogP contribution < -0.4 is 4.72 Å². The molecule has 2 aromatic heterocycles. The van der Waals surface area contributed by atoms with E-state index < -0.39 is 10.0 Å². The molecule has 0 aromatic carbocycles. The number of fused-ring (bicyclic) bond motifs is 1. The summed E-state index contributed by atoms with van der Waals surface area (Å²) in [5.74, 6) is 0. The highest BCUT2D eigenvalue weighted by molar-refractivity contribution is 7.89. The minimum Gasteiger partial charge on any atom is -0.263 e. The van der Waals surface area contributed by atoms with Gasteiger partial charge in [0.1, 0.15) is 0 Å². The first-order valence-electron chi connectivity index (χ1n) is 6.15. The Hall–Kier alpha value is -1.73. The molecule has 0 bridgehead atoms. The van der Waals surface area contributed by atoms with E-state index in [1.54, 1.807) is 18.3 Å². The van der Waals surface area contributed by atoms with Crippen molar-refractivity contribution in [1.82, 2.24) is 19.9 Å². The van der Waals surface area contributed by atoms with Crippen LogP contribution in [0.1, 0.15) is 19.3 Å². The first kappa shape index (κ1) is 12.3. The van der Waals surface area contributed by atoms with Crippen LogP contribution in [0.5, 0.6) is 0 Å². The molecule has 0 saturated carbocycles. The van der Waals surface area contributed by atoms with Crippen LogP contribution in [0.15, 0.2) is 35.5 Å². The topological polar surface area (TPSA) is 87.7 Å². The lowest BCUT2D eigenvalue weighted by molar-refractivity contribution is 0.546. The van der Waals surface area contributed by atoms with Gasteiger partial charge in [-0.25, -0.2) is 18.1 Å². The van der Waals surface area contributed by atoms with E-state index in [1.807, 2.05) is 12.2 Å². The molecule has 0 spiro atoms. The molecule has 3 rings (SSSR count). The summed E-state index contributed by atoms with van der Waals surface area (Å²) in [7, 11) is -3.60. The van der Waals surface area contributed by atoms with Gasteiger partial charge in [0, 0.05) is 12.2 Å². The second-order valence-corrected chi connectivity index (χ2v) is 6.16. The van der Waals surface area contributed by atoms with Crippen LogP contribution in [0.25, 0.3) is 11.0 Å². The third-order valence-corrected chi connectivity index (χ3v) is 4.59. The molecule has 1 unspecified atom stereocenters. The van der Waals surface area contributed by atoms with Gasteiger partial charge in [-0.2, -0.15) is 5.10 Å². The summed E-state index contributed by atoms with van der Waals surface area (Å²) in [5.41, 5.74) is 0.405. The zero-order chi connectivity index (χ0) is 13.3. The number of aromatic amines is 1. The fraction of sp³-hybridized carbons (Fsp3) is 0.333. The number of H-pyrrole nitrogens is 1. The maximum absolute atomic E-state index is 12.3. The molecule has 1 aliphatic rings. The third kappa shape index (κ3) is 2.39. The number of pyridine rings is 1. The van der Waals surface area contributed by atoms with Gasteiger partial charge in [-0.3, -0.25) is 5.10 Å². The van der Waals surface area contributed by atoms with Gasteiger partial charge in [0.15, 0.2) is 10.7 Å². The van der Waals surface area contributed by atoms with E-state index in [4.69, 9.17) is 0 Å². The van der Waals surface area contributed by atoms with Crippen LogP contribution in [0.3, 0.4) is 0 Å². The van der Waals surface area contributed by atoms with E-state index in [2.05, 4.69) is 19.9 Å². The lowest BCUT2D eigenvalue weighted by Crippen LogP contribution is -2.34. The molecule has 6 nitrogen and oxygen atoms in total. The van der Waals surface area contributed by atoms with Crippen LogP contribution in [0.2, 0.25) is 0 Å². The van der Waals surface area contributed by atoms with Crippen molar-refractivity contribution >= 4 is 21.1 Å². The number of rotatable bonds is 3. The fourth-order valence-corrected chi connectivity index (χ4v) is 3.53. The lowest BCUT2D eigenvalue weighted by Gasteiger charge is -2.17. The average Bonchev–Trinajstić information content (AvgIpc) is 2.84. The molecule has 0 amide bonds. The number of sulfonamides is 1. The molecule has 1 atom stereocenters. The van der Waals surface area contributed by atoms with Gasteiger partial charge in [-0.15, -0.1) is 0 Å². The quantitative estimate of drug-likeness (QED) is 0.829. The second kappa shape index (κ2) is 4.75. The molecule has 1 aliphatic carbocycles. The van der Waals surface area contributed by atoms with Gasteiger partial charge in [0.2, 0.25) is 0 Å². The van der Waals surface area contributed by atoms with Gasteiger partial charge < -0.3 is 0 Å². The Bertz CT molecular complexity index is 720. The molecule has 0 saturated heterocycles. The first-order valence-corrected chi connectivity index (χ1v) is 7.63. The molecule has 2 aromatic rings. The van der Waals surface area contributed by atoms with E-state index in [0.29, 0.717) is 11.0 Å². The molecule has 2 N–H and O–H groups in total. The Balaban J connectivity index is 1.95. The van der Waals surface area contributed by atoms with Crippen LogP contribution in [-0.4, -0.2) is 29.6 Å². The average molecular weight is 278 g/mol. The van der Waals surface area contributed by atoms with Crippen LogP contribution >= 0.6 is 0 Å². The van der Waals surface area contributed by atoms with E-state index >= 15 is 0 Å². The van der Waals surface area contributed by atoms with Crippen molar-refractivity contribution < 1.29 is 8.42 Å². The van der Waals surface area contributed by atoms with E-state index in [9.17, 15) is 8.42 Å². The zero-order valence-electron chi connectivity index (χ0n) is 10.2. The Labute approximate surface area is 111 Å². The van der Waals surface area contributed by atoms with Crippen molar-refractivity contribution in [2.24, 2.45) is 0 Å². The summed E-state index contributed by atoms with van der Waals surface area (Å²) in [4.78, 5) is 4.01. The van der Waals surface area contributed by atoms with Gasteiger partial charge in [0.05, 0.1) is 5.39 Å². The van der Waals surface area contributed by atoms with Crippen molar-refractivity contribution in [3.63, 3.8) is 0 Å². The van der Waals surface area contributed by atoms with Gasteiger partial charge >= 0.3 is 0 Å². The molecule has 0 radical (unpaired) electrons. The summed E-state index contributed by atoms with van der Waals surface area (Å²) >= 11 is 0. The number of aromatic nitrogens is 3. The standard InChI is InChI=1S/C12H14N4O2S/c17-19(18,16-9-5-2-1-3-6-9)12-10-7-4-8-13-11(10)14-15-12/h2,4-5,7-9,16H,1,3,6H2,(H,13,14,15). The Kier molecular flexibility index (Phi) is 3.08. The molecule has 2 heterocycles. The maximum Gasteiger partial charge on any atom is 0.258 e. The smallest absolute Gasteiger partial charge is 0.258 e. The van der Waals surface area contributed by atoms with Gasteiger partial charge in [0.25, 0.3) is 10.0 Å². The van der Waals surface area contributed by atoms with Crippen LogP contribution in [0, 0.1) is 0 Å². The SMILES string of the molecule is O=S(=O)(NC1C=CCCC1)c1[nH]nc2ncccc12. The predicted octanol–water partition coefficient (Wildman–Crippen LogP) is 1.34. The lowest BCUT2D eigenvalue weighted by atomic mass is 10.0. The molecular weight excluding hydrogens is 264 g/mol. The maximum atomic E-state index is 12.3. The highest BCUT2D eigenvalue weighted by Crippen LogP contribution is 2.19. The van der Waals surface area contributed by atoms with E-state index in [1.165, 1.54) is 0 Å². The highest BCUT2D eigenvalue weighted by Gasteiger charge is 2.23. The molecule has 19 heavy (non-hydrogen) atoms. The predicted molar refractivity (Wildman–Crippen MR) is 71.0 cm³/mol. The molecule has 7 heteroatoms. The number of hydrogen-bond donors (Lipinski definition) is 2. The summed E-state index contributed by atoms with van der Waals surface area (Å²) < 4.78 is 27.3. The van der Waals surface area contributed by atoms with E-state index in [0.717, 1.165) is 19.3 Å². The minimum absolute atomic E-state index is 0.0783. The number of nitrogens with one attached hydrogen (secondary N) is 2. The Morgan fingerprint density at radius 2 is 2.32 bits per heavy atom. The molecular formula is C12H14N4O2S. The Morgan fingerprint density at radius 1 is 1.42 bits per heavy atom. The first-order chi connectivity index (χ1) is 9.17. The largest absolute Gasteiger partial charge is 0.263 e. The number of hydrogen-bond acceptors (Lipinski definition) is 4. The fourth-order valence-electron chi connectivity index (χ4n) is 2.20. The number of nitrogens with zero attached hydrogens (tertiary/aromatic N) is 2. The zero-order valence-corrected chi connectivity index (χ0v) is 11.0. The van der Waals surface area contributed by atoms with Crippen molar-refractivity contribution in [2.75, 3.05) is 0 Å². The number of allylic oxidation sites excluding steroid dienone is 1.